The molecule has 194 valence electrons. The minimum Gasteiger partial charge on any atom is -0.497 e. The number of rotatable bonds is 7. The monoisotopic (exact) mass is 521 g/mol. The molecule has 0 spiro atoms. The van der Waals surface area contributed by atoms with Crippen LogP contribution in [0, 0.1) is 24.1 Å². The maximum atomic E-state index is 15.5. The minimum absolute atomic E-state index is 0.0468. The molecule has 8 nitrogen and oxygen atoms in total. The lowest BCUT2D eigenvalue weighted by atomic mass is 10.0. The first-order valence-corrected chi connectivity index (χ1v) is 12.0. The summed E-state index contributed by atoms with van der Waals surface area (Å²) in [6.45, 7) is 1.93. The maximum Gasteiger partial charge on any atom is 0.412 e. The Morgan fingerprint density at radius 1 is 1.15 bits per heavy atom. The van der Waals surface area contributed by atoms with Gasteiger partial charge in [-0.25, -0.2) is 9.18 Å². The third-order valence-corrected chi connectivity index (χ3v) is 6.61. The van der Waals surface area contributed by atoms with E-state index >= 15 is 4.39 Å². The molecule has 5 aromatic rings. The molecule has 0 unspecified atom stereocenters. The Morgan fingerprint density at radius 2 is 1.95 bits per heavy atom. The highest BCUT2D eigenvalue weighted by Gasteiger charge is 2.21. The van der Waals surface area contributed by atoms with E-state index in [1.807, 2.05) is 31.3 Å². The number of nitrogens with zero attached hydrogens (tertiary/aromatic N) is 3. The molecule has 2 heterocycles. The van der Waals surface area contributed by atoms with Gasteiger partial charge in [-0.1, -0.05) is 18.2 Å². The molecule has 0 fully saturated rings. The highest BCUT2D eigenvalue weighted by molar-refractivity contribution is 5.92. The Kier molecular flexibility index (Phi) is 6.85. The van der Waals surface area contributed by atoms with Crippen molar-refractivity contribution in [1.82, 2.24) is 9.97 Å². The third-order valence-electron chi connectivity index (χ3n) is 6.61. The van der Waals surface area contributed by atoms with Crippen LogP contribution in [0.3, 0.4) is 0 Å². The van der Waals surface area contributed by atoms with E-state index in [4.69, 9.17) is 4.74 Å². The summed E-state index contributed by atoms with van der Waals surface area (Å²) >= 11 is 0. The van der Waals surface area contributed by atoms with E-state index in [-0.39, 0.29) is 17.8 Å². The van der Waals surface area contributed by atoms with Crippen LogP contribution in [0.1, 0.15) is 16.7 Å². The van der Waals surface area contributed by atoms with Gasteiger partial charge in [0.1, 0.15) is 17.6 Å². The van der Waals surface area contributed by atoms with Gasteiger partial charge < -0.3 is 20.1 Å². The van der Waals surface area contributed by atoms with Crippen LogP contribution >= 0.6 is 0 Å². The fraction of sp³-hybridized carbons (Fsp3) is 0.100. The first-order valence-electron chi connectivity index (χ1n) is 12.0. The quantitative estimate of drug-likeness (QED) is 0.213. The number of aromatic nitrogens is 2. The first-order chi connectivity index (χ1) is 18.9. The number of fused-ring (bicyclic) bond motifs is 1. The Balaban J connectivity index is 1.51. The highest BCUT2D eigenvalue weighted by Crippen LogP contribution is 2.36. The second-order valence-corrected chi connectivity index (χ2v) is 8.91. The number of benzene rings is 3. The number of hydrogen-bond donors (Lipinski definition) is 3. The molecule has 0 radical (unpaired) electrons. The molecule has 9 heteroatoms. The average Bonchev–Trinajstić information content (AvgIpc) is 3.43. The van der Waals surface area contributed by atoms with Crippen LogP contribution in [-0.4, -0.2) is 28.3 Å². The van der Waals surface area contributed by atoms with Crippen molar-refractivity contribution in [2.45, 2.75) is 13.5 Å². The van der Waals surface area contributed by atoms with Crippen LogP contribution in [0.25, 0.3) is 22.0 Å². The Bertz CT molecular complexity index is 1720. The topological polar surface area (TPSA) is 114 Å². The van der Waals surface area contributed by atoms with Gasteiger partial charge in [-0.2, -0.15) is 5.26 Å². The summed E-state index contributed by atoms with van der Waals surface area (Å²) in [7, 11) is 1.54. The summed E-state index contributed by atoms with van der Waals surface area (Å²) in [4.78, 5) is 20.4. The Morgan fingerprint density at radius 3 is 2.64 bits per heavy atom. The molecular formula is C30H24FN5O3. The van der Waals surface area contributed by atoms with Crippen molar-refractivity contribution in [3.05, 3.63) is 102 Å². The zero-order valence-electron chi connectivity index (χ0n) is 21.2. The third kappa shape index (κ3) is 4.95. The standard InChI is InChI=1S/C30H24FN5O3/c1-18-23-11-12-34-27(23)9-8-26(18)35-29-21(14-32)15-33-16-24(29)20-5-10-28(25(31)13-20)36(30(37)38)17-19-3-6-22(39-2)7-4-19/h3-13,15-16,34H,17H2,1-2H3,(H,33,35)(H,37,38). The number of nitrogens with one attached hydrogen (secondary N) is 2. The fourth-order valence-electron chi connectivity index (χ4n) is 4.52. The molecule has 0 atom stereocenters. The van der Waals surface area contributed by atoms with Gasteiger partial charge in [-0.15, -0.1) is 0 Å². The number of nitriles is 1. The summed E-state index contributed by atoms with van der Waals surface area (Å²) in [6.07, 6.45) is 3.57. The van der Waals surface area contributed by atoms with Gasteiger partial charge in [-0.05, 0) is 66.1 Å². The maximum absolute atomic E-state index is 15.5. The van der Waals surface area contributed by atoms with Crippen molar-refractivity contribution >= 4 is 34.1 Å². The van der Waals surface area contributed by atoms with Crippen LogP contribution in [0.5, 0.6) is 5.75 Å². The molecule has 2 aromatic heterocycles. The van der Waals surface area contributed by atoms with Crippen LogP contribution in [0.2, 0.25) is 0 Å². The van der Waals surface area contributed by atoms with Gasteiger partial charge in [-0.3, -0.25) is 9.88 Å². The second kappa shape index (κ2) is 10.6. The molecule has 0 bridgehead atoms. The largest absolute Gasteiger partial charge is 0.497 e. The number of halogens is 1. The van der Waals surface area contributed by atoms with E-state index in [9.17, 15) is 15.2 Å². The Hall–Kier alpha value is -5.36. The summed E-state index contributed by atoms with van der Waals surface area (Å²) in [5.41, 5.74) is 5.07. The highest BCUT2D eigenvalue weighted by atomic mass is 19.1. The number of hydrogen-bond acceptors (Lipinski definition) is 5. The fourth-order valence-corrected chi connectivity index (χ4v) is 4.52. The lowest BCUT2D eigenvalue weighted by molar-refractivity contribution is 0.201. The van der Waals surface area contributed by atoms with E-state index in [1.54, 1.807) is 43.6 Å². The van der Waals surface area contributed by atoms with E-state index in [2.05, 4.69) is 21.4 Å². The summed E-state index contributed by atoms with van der Waals surface area (Å²) in [5, 5.41) is 24.0. The van der Waals surface area contributed by atoms with Gasteiger partial charge in [0.15, 0.2) is 0 Å². The zero-order chi connectivity index (χ0) is 27.5. The second-order valence-electron chi connectivity index (χ2n) is 8.91. The van der Waals surface area contributed by atoms with Crippen molar-refractivity contribution in [1.29, 1.82) is 5.26 Å². The molecule has 0 aliphatic heterocycles. The van der Waals surface area contributed by atoms with Gasteiger partial charge in [0.2, 0.25) is 0 Å². The summed E-state index contributed by atoms with van der Waals surface area (Å²) in [6, 6.07) is 19.2. The molecule has 0 saturated carbocycles. The lowest BCUT2D eigenvalue weighted by Crippen LogP contribution is -2.29. The molecule has 1 amide bonds. The lowest BCUT2D eigenvalue weighted by Gasteiger charge is -2.21. The SMILES string of the molecule is COc1ccc(CN(C(=O)O)c2ccc(-c3cncc(C#N)c3Nc3ccc4[nH]ccc4c3C)cc2F)cc1. The molecule has 3 N–H and O–H groups in total. The van der Waals surface area contributed by atoms with E-state index in [0.717, 1.165) is 27.1 Å². The first kappa shape index (κ1) is 25.3. The molecule has 0 aliphatic rings. The predicted octanol–water partition coefficient (Wildman–Crippen LogP) is 6.99. The number of amides is 1. The number of H-pyrrole nitrogens is 1. The van der Waals surface area contributed by atoms with Crippen molar-refractivity contribution in [2.24, 2.45) is 0 Å². The van der Waals surface area contributed by atoms with E-state index in [0.29, 0.717) is 28.1 Å². The molecule has 0 saturated heterocycles. The summed E-state index contributed by atoms with van der Waals surface area (Å²) < 4.78 is 20.6. The molecule has 0 aliphatic carbocycles. The molecular weight excluding hydrogens is 497 g/mol. The average molecular weight is 522 g/mol. The minimum atomic E-state index is -1.29. The number of carboxylic acid groups (broad SMARTS) is 1. The number of aromatic amines is 1. The van der Waals surface area contributed by atoms with Crippen LogP contribution in [0.15, 0.2) is 79.3 Å². The van der Waals surface area contributed by atoms with Crippen LogP contribution in [0.4, 0.5) is 26.2 Å². The van der Waals surface area contributed by atoms with Gasteiger partial charge >= 0.3 is 6.09 Å². The number of methoxy groups -OCH3 is 1. The predicted molar refractivity (Wildman–Crippen MR) is 148 cm³/mol. The zero-order valence-corrected chi connectivity index (χ0v) is 21.2. The van der Waals surface area contributed by atoms with Crippen molar-refractivity contribution < 1.29 is 19.0 Å². The van der Waals surface area contributed by atoms with E-state index in [1.165, 1.54) is 18.3 Å². The van der Waals surface area contributed by atoms with E-state index < -0.39 is 11.9 Å². The number of anilines is 3. The van der Waals surface area contributed by atoms with Crippen LogP contribution in [-0.2, 0) is 6.54 Å². The van der Waals surface area contributed by atoms with Gasteiger partial charge in [0, 0.05) is 40.7 Å². The van der Waals surface area contributed by atoms with Crippen molar-refractivity contribution in [2.75, 3.05) is 17.3 Å². The van der Waals surface area contributed by atoms with Crippen molar-refractivity contribution in [3.63, 3.8) is 0 Å². The number of ether oxygens (including phenoxy) is 1. The molecule has 39 heavy (non-hydrogen) atoms. The van der Waals surface area contributed by atoms with Crippen molar-refractivity contribution in [3.8, 4) is 22.9 Å². The van der Waals surface area contributed by atoms with Gasteiger partial charge in [0.05, 0.1) is 30.6 Å². The van der Waals surface area contributed by atoms with Crippen LogP contribution < -0.4 is 15.0 Å². The molecule has 5 rings (SSSR count). The molecule has 3 aromatic carbocycles. The number of carbonyl (C=O) groups is 1. The Labute approximate surface area is 223 Å². The summed E-state index contributed by atoms with van der Waals surface area (Å²) in [5.74, 6) is -0.0846. The normalized spacial score (nSPS) is 10.7. The van der Waals surface area contributed by atoms with Gasteiger partial charge in [0.25, 0.3) is 0 Å². The number of pyridine rings is 1. The number of aryl methyl sites for hydroxylation is 1. The smallest absolute Gasteiger partial charge is 0.412 e.